The molecule has 1 aromatic rings. The zero-order valence-electron chi connectivity index (χ0n) is 11.7. The van der Waals surface area contributed by atoms with Crippen molar-refractivity contribution < 1.29 is 0 Å². The van der Waals surface area contributed by atoms with Crippen molar-refractivity contribution in [2.45, 2.75) is 53.9 Å². The molecule has 0 unspecified atom stereocenters. The summed E-state index contributed by atoms with van der Waals surface area (Å²) < 4.78 is 0. The molecule has 1 nitrogen and oxygen atoms in total. The molecular weight excluding hydrogens is 206 g/mol. The number of hydrogen-bond donors (Lipinski definition) is 1. The molecule has 1 heteroatoms. The van der Waals surface area contributed by atoms with E-state index in [1.54, 1.807) is 0 Å². The zero-order chi connectivity index (χ0) is 12.8. The standard InChI is InChI=1S/C14H22.CH5N.CH4/c1-13(2,3)11-14(4,5)12-9-7-6-8-10-12;1-2;/h6-10H,11H2,1-5H3;2H2,1H3;1H4. The first-order valence-corrected chi connectivity index (χ1v) is 5.95. The van der Waals surface area contributed by atoms with Crippen molar-refractivity contribution in [3.05, 3.63) is 35.9 Å². The van der Waals surface area contributed by atoms with Gasteiger partial charge in [0.1, 0.15) is 0 Å². The lowest BCUT2D eigenvalue weighted by atomic mass is 9.72. The fraction of sp³-hybridized carbons (Fsp3) is 0.625. The van der Waals surface area contributed by atoms with Gasteiger partial charge < -0.3 is 5.73 Å². The summed E-state index contributed by atoms with van der Waals surface area (Å²) in [5, 5.41) is 0. The molecule has 0 atom stereocenters. The molecule has 0 saturated heterocycles. The minimum atomic E-state index is 0. The smallest absolute Gasteiger partial charge is 0.00986 e. The summed E-state index contributed by atoms with van der Waals surface area (Å²) in [7, 11) is 1.50. The van der Waals surface area contributed by atoms with Crippen LogP contribution >= 0.6 is 0 Å². The fourth-order valence-electron chi connectivity index (χ4n) is 2.32. The third kappa shape index (κ3) is 7.17. The van der Waals surface area contributed by atoms with Crippen molar-refractivity contribution in [2.75, 3.05) is 7.05 Å². The third-order valence-corrected chi connectivity index (χ3v) is 2.53. The van der Waals surface area contributed by atoms with Crippen LogP contribution in [0.1, 0.15) is 54.0 Å². The van der Waals surface area contributed by atoms with Crippen LogP contribution in [0.15, 0.2) is 30.3 Å². The summed E-state index contributed by atoms with van der Waals surface area (Å²) in [4.78, 5) is 0. The van der Waals surface area contributed by atoms with E-state index in [1.165, 1.54) is 19.0 Å². The lowest BCUT2D eigenvalue weighted by Gasteiger charge is -2.32. The summed E-state index contributed by atoms with van der Waals surface area (Å²) >= 11 is 0. The van der Waals surface area contributed by atoms with Crippen molar-refractivity contribution >= 4 is 0 Å². The first-order valence-electron chi connectivity index (χ1n) is 5.95. The highest BCUT2D eigenvalue weighted by Gasteiger charge is 2.26. The maximum absolute atomic E-state index is 4.50. The number of benzene rings is 1. The summed E-state index contributed by atoms with van der Waals surface area (Å²) in [6.45, 7) is 11.6. The Morgan fingerprint density at radius 2 is 1.29 bits per heavy atom. The van der Waals surface area contributed by atoms with Crippen LogP contribution in [0.5, 0.6) is 0 Å². The Morgan fingerprint density at radius 3 is 1.65 bits per heavy atom. The molecule has 0 bridgehead atoms. The van der Waals surface area contributed by atoms with Gasteiger partial charge in [0.2, 0.25) is 0 Å². The second kappa shape index (κ2) is 7.50. The van der Waals surface area contributed by atoms with Gasteiger partial charge in [-0.3, -0.25) is 0 Å². The minimum Gasteiger partial charge on any atom is -0.333 e. The molecule has 0 amide bonds. The Kier molecular flexibility index (Phi) is 8.18. The van der Waals surface area contributed by atoms with E-state index in [9.17, 15) is 0 Å². The highest BCUT2D eigenvalue weighted by Crippen LogP contribution is 2.35. The van der Waals surface area contributed by atoms with Gasteiger partial charge in [0.25, 0.3) is 0 Å². The molecule has 100 valence electrons. The van der Waals surface area contributed by atoms with E-state index in [-0.39, 0.29) is 12.8 Å². The SMILES string of the molecule is C.CC(C)(C)CC(C)(C)c1ccccc1.CN. The van der Waals surface area contributed by atoms with Crippen LogP contribution in [0.2, 0.25) is 0 Å². The normalized spacial score (nSPS) is 11.0. The second-order valence-corrected chi connectivity index (χ2v) is 5.99. The van der Waals surface area contributed by atoms with Gasteiger partial charge in [-0.2, -0.15) is 0 Å². The van der Waals surface area contributed by atoms with Gasteiger partial charge in [0.15, 0.2) is 0 Å². The first kappa shape index (κ1) is 18.5. The monoisotopic (exact) mass is 237 g/mol. The van der Waals surface area contributed by atoms with Crippen molar-refractivity contribution in [2.24, 2.45) is 11.1 Å². The van der Waals surface area contributed by atoms with E-state index in [1.807, 2.05) is 0 Å². The molecule has 1 rings (SSSR count). The zero-order valence-corrected chi connectivity index (χ0v) is 11.7. The van der Waals surface area contributed by atoms with Crippen LogP contribution in [0.4, 0.5) is 0 Å². The molecule has 2 N–H and O–H groups in total. The summed E-state index contributed by atoms with van der Waals surface area (Å²) in [6.07, 6.45) is 1.21. The quantitative estimate of drug-likeness (QED) is 0.798. The van der Waals surface area contributed by atoms with E-state index in [0.717, 1.165) is 0 Å². The Balaban J connectivity index is 0. The molecule has 0 aromatic heterocycles. The molecule has 0 radical (unpaired) electrons. The summed E-state index contributed by atoms with van der Waals surface area (Å²) in [6, 6.07) is 10.8. The minimum absolute atomic E-state index is 0. The average Bonchev–Trinajstić information content (AvgIpc) is 2.19. The van der Waals surface area contributed by atoms with Crippen LogP contribution in [-0.4, -0.2) is 7.05 Å². The van der Waals surface area contributed by atoms with Crippen LogP contribution in [0.25, 0.3) is 0 Å². The van der Waals surface area contributed by atoms with Gasteiger partial charge in [-0.1, -0.05) is 72.4 Å². The molecule has 1 aromatic carbocycles. The molecule has 0 aliphatic heterocycles. The maximum atomic E-state index is 4.50. The van der Waals surface area contributed by atoms with Crippen LogP contribution < -0.4 is 5.73 Å². The molecule has 0 aliphatic rings. The third-order valence-electron chi connectivity index (χ3n) is 2.53. The highest BCUT2D eigenvalue weighted by molar-refractivity contribution is 5.23. The Hall–Kier alpha value is -0.820. The molecule has 0 spiro atoms. The van der Waals surface area contributed by atoms with Gasteiger partial charge in [-0.25, -0.2) is 0 Å². The number of hydrogen-bond acceptors (Lipinski definition) is 1. The van der Waals surface area contributed by atoms with Gasteiger partial charge in [-0.05, 0) is 29.9 Å². The van der Waals surface area contributed by atoms with Crippen LogP contribution in [-0.2, 0) is 5.41 Å². The molecular formula is C16H31N. The molecule has 0 aliphatic carbocycles. The molecule has 0 fully saturated rings. The lowest BCUT2D eigenvalue weighted by molar-refractivity contribution is 0.284. The predicted molar refractivity (Wildman–Crippen MR) is 80.4 cm³/mol. The fourth-order valence-corrected chi connectivity index (χ4v) is 2.32. The van der Waals surface area contributed by atoms with E-state index >= 15 is 0 Å². The van der Waals surface area contributed by atoms with E-state index in [0.29, 0.717) is 5.41 Å². The number of nitrogens with two attached hydrogens (primary N) is 1. The topological polar surface area (TPSA) is 26.0 Å². The molecule has 17 heavy (non-hydrogen) atoms. The van der Waals surface area contributed by atoms with E-state index in [4.69, 9.17) is 0 Å². The Morgan fingerprint density at radius 1 is 0.882 bits per heavy atom. The first-order chi connectivity index (χ1) is 7.31. The van der Waals surface area contributed by atoms with Gasteiger partial charge >= 0.3 is 0 Å². The van der Waals surface area contributed by atoms with Gasteiger partial charge in [0.05, 0.1) is 0 Å². The maximum Gasteiger partial charge on any atom is -0.00986 e. The number of rotatable bonds is 2. The second-order valence-electron chi connectivity index (χ2n) is 5.99. The Labute approximate surface area is 108 Å². The highest BCUT2D eigenvalue weighted by atomic mass is 14.4. The van der Waals surface area contributed by atoms with Crippen molar-refractivity contribution in [3.8, 4) is 0 Å². The van der Waals surface area contributed by atoms with Crippen LogP contribution in [0, 0.1) is 5.41 Å². The van der Waals surface area contributed by atoms with E-state index in [2.05, 4.69) is 70.7 Å². The van der Waals surface area contributed by atoms with E-state index < -0.39 is 0 Å². The van der Waals surface area contributed by atoms with Gasteiger partial charge in [0, 0.05) is 0 Å². The van der Waals surface area contributed by atoms with Gasteiger partial charge in [-0.15, -0.1) is 0 Å². The van der Waals surface area contributed by atoms with Crippen molar-refractivity contribution in [1.29, 1.82) is 0 Å². The summed E-state index contributed by atoms with van der Waals surface area (Å²) in [5.74, 6) is 0. The lowest BCUT2D eigenvalue weighted by Crippen LogP contribution is -2.24. The predicted octanol–water partition coefficient (Wildman–Crippen LogP) is 4.61. The average molecular weight is 237 g/mol. The largest absolute Gasteiger partial charge is 0.333 e. The van der Waals surface area contributed by atoms with Crippen LogP contribution in [0.3, 0.4) is 0 Å². The molecule has 0 saturated carbocycles. The van der Waals surface area contributed by atoms with Crippen molar-refractivity contribution in [3.63, 3.8) is 0 Å². The summed E-state index contributed by atoms with van der Waals surface area (Å²) in [5.41, 5.74) is 6.61. The molecule has 0 heterocycles. The Bertz CT molecular complexity index is 280. The van der Waals surface area contributed by atoms with Crippen molar-refractivity contribution in [1.82, 2.24) is 0 Å².